The first kappa shape index (κ1) is 17.7. The fourth-order valence-electron chi connectivity index (χ4n) is 2.64. The van der Waals surface area contributed by atoms with Gasteiger partial charge in [0, 0.05) is 39.1 Å². The van der Waals surface area contributed by atoms with Crippen molar-refractivity contribution in [3.05, 3.63) is 23.8 Å². The third-order valence-corrected chi connectivity index (χ3v) is 6.01. The van der Waals surface area contributed by atoms with Gasteiger partial charge in [0.15, 0.2) is 0 Å². The number of benzene rings is 1. The van der Waals surface area contributed by atoms with Crippen LogP contribution in [0.2, 0.25) is 0 Å². The molecule has 0 saturated carbocycles. The molecule has 2 rings (SSSR count). The van der Waals surface area contributed by atoms with Crippen LogP contribution in [-0.2, 0) is 14.8 Å². The van der Waals surface area contributed by atoms with E-state index in [9.17, 15) is 13.2 Å². The quantitative estimate of drug-likeness (QED) is 0.825. The van der Waals surface area contributed by atoms with E-state index in [1.54, 1.807) is 37.1 Å². The van der Waals surface area contributed by atoms with E-state index in [4.69, 9.17) is 10.5 Å². The minimum atomic E-state index is -3.56. The predicted octanol–water partition coefficient (Wildman–Crippen LogP) is 0.185. The van der Waals surface area contributed by atoms with E-state index < -0.39 is 10.0 Å². The SMILES string of the molecule is COc1ccc(S(=O)(=O)N2CCN(C(=O)CCN)CC2)c(C)c1. The van der Waals surface area contributed by atoms with E-state index in [-0.39, 0.29) is 10.8 Å². The van der Waals surface area contributed by atoms with Gasteiger partial charge in [0.25, 0.3) is 0 Å². The molecule has 0 aliphatic carbocycles. The van der Waals surface area contributed by atoms with Gasteiger partial charge in [0.2, 0.25) is 15.9 Å². The second kappa shape index (κ2) is 7.29. The van der Waals surface area contributed by atoms with Gasteiger partial charge in [-0.1, -0.05) is 0 Å². The van der Waals surface area contributed by atoms with Crippen molar-refractivity contribution in [3.63, 3.8) is 0 Å². The van der Waals surface area contributed by atoms with Crippen molar-refractivity contribution >= 4 is 15.9 Å². The maximum atomic E-state index is 12.8. The number of ether oxygens (including phenoxy) is 1. The van der Waals surface area contributed by atoms with Crippen LogP contribution in [-0.4, -0.2) is 63.4 Å². The predicted molar refractivity (Wildman–Crippen MR) is 86.7 cm³/mol. The maximum absolute atomic E-state index is 12.8. The van der Waals surface area contributed by atoms with Crippen LogP contribution in [0.5, 0.6) is 5.75 Å². The van der Waals surface area contributed by atoms with Crippen LogP contribution in [0, 0.1) is 6.92 Å². The molecule has 7 nitrogen and oxygen atoms in total. The molecule has 2 N–H and O–H groups in total. The Bertz CT molecular complexity index is 667. The smallest absolute Gasteiger partial charge is 0.243 e. The molecule has 1 aromatic rings. The van der Waals surface area contributed by atoms with Crippen LogP contribution in [0.25, 0.3) is 0 Å². The highest BCUT2D eigenvalue weighted by Gasteiger charge is 2.30. The van der Waals surface area contributed by atoms with Crippen molar-refractivity contribution in [3.8, 4) is 5.75 Å². The van der Waals surface area contributed by atoms with E-state index in [0.29, 0.717) is 50.5 Å². The summed E-state index contributed by atoms with van der Waals surface area (Å²) in [6, 6.07) is 4.91. The topological polar surface area (TPSA) is 92.9 Å². The van der Waals surface area contributed by atoms with Gasteiger partial charge >= 0.3 is 0 Å². The van der Waals surface area contributed by atoms with Crippen molar-refractivity contribution in [2.24, 2.45) is 5.73 Å². The molecule has 128 valence electrons. The van der Waals surface area contributed by atoms with Crippen molar-refractivity contribution < 1.29 is 17.9 Å². The number of hydrogen-bond donors (Lipinski definition) is 1. The van der Waals surface area contributed by atoms with Crippen molar-refractivity contribution in [1.29, 1.82) is 0 Å². The maximum Gasteiger partial charge on any atom is 0.243 e. The first-order chi connectivity index (χ1) is 10.9. The van der Waals surface area contributed by atoms with Crippen molar-refractivity contribution in [2.45, 2.75) is 18.2 Å². The Morgan fingerprint density at radius 1 is 1.26 bits per heavy atom. The zero-order valence-electron chi connectivity index (χ0n) is 13.5. The van der Waals surface area contributed by atoms with Gasteiger partial charge < -0.3 is 15.4 Å². The molecule has 8 heteroatoms. The lowest BCUT2D eigenvalue weighted by Gasteiger charge is -2.34. The highest BCUT2D eigenvalue weighted by Crippen LogP contribution is 2.24. The normalized spacial score (nSPS) is 16.4. The molecule has 0 aromatic heterocycles. The van der Waals surface area contributed by atoms with Gasteiger partial charge in [0.05, 0.1) is 12.0 Å². The molecule has 1 amide bonds. The second-order valence-electron chi connectivity index (χ2n) is 5.45. The summed E-state index contributed by atoms with van der Waals surface area (Å²) in [5.74, 6) is 0.601. The Morgan fingerprint density at radius 2 is 1.91 bits per heavy atom. The molecule has 0 bridgehead atoms. The van der Waals surface area contributed by atoms with Crippen LogP contribution >= 0.6 is 0 Å². The monoisotopic (exact) mass is 341 g/mol. The van der Waals surface area contributed by atoms with Crippen LogP contribution in [0.1, 0.15) is 12.0 Å². The first-order valence-corrected chi connectivity index (χ1v) is 8.96. The number of nitrogens with zero attached hydrogens (tertiary/aromatic N) is 2. The minimum Gasteiger partial charge on any atom is -0.497 e. The second-order valence-corrected chi connectivity index (χ2v) is 7.36. The van der Waals surface area contributed by atoms with Crippen LogP contribution in [0.3, 0.4) is 0 Å². The molecular formula is C15H23N3O4S. The van der Waals surface area contributed by atoms with Gasteiger partial charge in [-0.2, -0.15) is 4.31 Å². The minimum absolute atomic E-state index is 0.0230. The Morgan fingerprint density at radius 3 is 2.43 bits per heavy atom. The lowest BCUT2D eigenvalue weighted by atomic mass is 10.2. The van der Waals surface area contributed by atoms with E-state index in [1.807, 2.05) is 0 Å². The van der Waals surface area contributed by atoms with Gasteiger partial charge in [-0.3, -0.25) is 4.79 Å². The van der Waals surface area contributed by atoms with E-state index in [0.717, 1.165) is 0 Å². The van der Waals surface area contributed by atoms with Crippen LogP contribution in [0.4, 0.5) is 0 Å². The van der Waals surface area contributed by atoms with Gasteiger partial charge in [-0.25, -0.2) is 8.42 Å². The largest absolute Gasteiger partial charge is 0.497 e. The van der Waals surface area contributed by atoms with Crippen molar-refractivity contribution in [2.75, 3.05) is 39.8 Å². The average Bonchev–Trinajstić information content (AvgIpc) is 2.54. The number of piperazine rings is 1. The number of carbonyl (C=O) groups is 1. The van der Waals surface area contributed by atoms with Crippen LogP contribution in [0.15, 0.2) is 23.1 Å². The number of nitrogens with two attached hydrogens (primary N) is 1. The van der Waals surface area contributed by atoms with Gasteiger partial charge in [0.1, 0.15) is 5.75 Å². The summed E-state index contributed by atoms with van der Waals surface area (Å²) in [4.78, 5) is 13.8. The van der Waals surface area contributed by atoms with E-state index in [1.165, 1.54) is 4.31 Å². The average molecular weight is 341 g/mol. The Balaban J connectivity index is 2.12. The summed E-state index contributed by atoms with van der Waals surface area (Å²) in [5.41, 5.74) is 6.03. The van der Waals surface area contributed by atoms with Crippen LogP contribution < -0.4 is 10.5 Å². The summed E-state index contributed by atoms with van der Waals surface area (Å²) < 4.78 is 32.1. The number of methoxy groups -OCH3 is 1. The lowest BCUT2D eigenvalue weighted by molar-refractivity contribution is -0.132. The van der Waals surface area contributed by atoms with E-state index >= 15 is 0 Å². The number of amides is 1. The number of sulfonamides is 1. The molecule has 1 aliphatic rings. The third-order valence-electron chi connectivity index (χ3n) is 3.95. The number of hydrogen-bond acceptors (Lipinski definition) is 5. The summed E-state index contributed by atoms with van der Waals surface area (Å²) in [5, 5.41) is 0. The number of aryl methyl sites for hydroxylation is 1. The van der Waals surface area contributed by atoms with E-state index in [2.05, 4.69) is 0 Å². The Hall–Kier alpha value is -1.64. The Kier molecular flexibility index (Phi) is 5.61. The molecule has 0 atom stereocenters. The fourth-order valence-corrected chi connectivity index (χ4v) is 4.26. The zero-order valence-corrected chi connectivity index (χ0v) is 14.3. The molecular weight excluding hydrogens is 318 g/mol. The van der Waals surface area contributed by atoms with Gasteiger partial charge in [-0.15, -0.1) is 0 Å². The molecule has 1 heterocycles. The molecule has 23 heavy (non-hydrogen) atoms. The third kappa shape index (κ3) is 3.82. The van der Waals surface area contributed by atoms with Crippen molar-refractivity contribution in [1.82, 2.24) is 9.21 Å². The molecule has 1 saturated heterocycles. The Labute approximate surface area is 137 Å². The molecule has 0 spiro atoms. The standard InChI is InChI=1S/C15H23N3O4S/c1-12-11-13(22-2)3-4-14(12)23(20,21)18-9-7-17(8-10-18)15(19)5-6-16/h3-4,11H,5-10,16H2,1-2H3. The molecule has 1 fully saturated rings. The molecule has 0 unspecified atom stereocenters. The fraction of sp³-hybridized carbons (Fsp3) is 0.533. The summed E-state index contributed by atoms with van der Waals surface area (Å²) in [7, 11) is -2.02. The molecule has 1 aliphatic heterocycles. The summed E-state index contributed by atoms with van der Waals surface area (Å²) in [6.45, 7) is 3.44. The molecule has 1 aromatic carbocycles. The summed E-state index contributed by atoms with van der Waals surface area (Å²) in [6.07, 6.45) is 0.296. The highest BCUT2D eigenvalue weighted by molar-refractivity contribution is 7.89. The van der Waals surface area contributed by atoms with Gasteiger partial charge in [-0.05, 0) is 30.7 Å². The highest BCUT2D eigenvalue weighted by atomic mass is 32.2. The number of rotatable bonds is 5. The first-order valence-electron chi connectivity index (χ1n) is 7.52. The zero-order chi connectivity index (χ0) is 17.0. The molecule has 0 radical (unpaired) electrons. The number of carbonyl (C=O) groups excluding carboxylic acids is 1. The summed E-state index contributed by atoms with van der Waals surface area (Å²) >= 11 is 0. The lowest BCUT2D eigenvalue weighted by Crippen LogP contribution is -2.50.